The molecule has 1 atom stereocenters. The minimum Gasteiger partial charge on any atom is -0.449 e. The Morgan fingerprint density at radius 3 is 2.59 bits per heavy atom. The molecule has 3 aromatic rings. The molecule has 0 saturated carbocycles. The molecule has 5 rings (SSSR count). The van der Waals surface area contributed by atoms with Gasteiger partial charge in [-0.25, -0.2) is 0 Å². The summed E-state index contributed by atoms with van der Waals surface area (Å²) in [6.45, 7) is 8.81. The highest BCUT2D eigenvalue weighted by Gasteiger charge is 2.30. The molecule has 0 radical (unpaired) electrons. The van der Waals surface area contributed by atoms with Gasteiger partial charge >= 0.3 is 0 Å². The summed E-state index contributed by atoms with van der Waals surface area (Å²) in [5, 5.41) is 3.03. The Hall–Kier alpha value is -3.90. The number of anilines is 1. The minimum absolute atomic E-state index is 0.0793. The number of aryl methyl sites for hydroxylation is 1. The van der Waals surface area contributed by atoms with Crippen LogP contribution in [-0.2, 0) is 11.3 Å². The molecule has 2 aliphatic rings. The number of carbonyl (C=O) groups is 2. The van der Waals surface area contributed by atoms with Crippen molar-refractivity contribution in [2.75, 3.05) is 31.1 Å². The maximum Gasteiger partial charge on any atom is 0.294 e. The molecule has 39 heavy (non-hydrogen) atoms. The Morgan fingerprint density at radius 2 is 1.82 bits per heavy atom. The maximum atomic E-state index is 13.5. The Kier molecular flexibility index (Phi) is 8.42. The SMILES string of the molecule is Cc1ccc(CN2C(=O)C(=Cc3ccc(C(=O)NCCCN4CCCC(C)C4)cc3)Oc3ccccc32)cc1. The van der Waals surface area contributed by atoms with Crippen molar-refractivity contribution in [1.82, 2.24) is 10.2 Å². The topological polar surface area (TPSA) is 61.9 Å². The molecule has 202 valence electrons. The number of ether oxygens (including phenoxy) is 1. The molecule has 1 N–H and O–H groups in total. The van der Waals surface area contributed by atoms with Crippen molar-refractivity contribution in [3.63, 3.8) is 0 Å². The first-order valence-electron chi connectivity index (χ1n) is 13.9. The number of hydrogen-bond donors (Lipinski definition) is 1. The van der Waals surface area contributed by atoms with Gasteiger partial charge in [-0.1, -0.05) is 61.0 Å². The normalized spacial score (nSPS) is 18.5. The summed E-state index contributed by atoms with van der Waals surface area (Å²) in [7, 11) is 0. The van der Waals surface area contributed by atoms with Crippen molar-refractivity contribution in [1.29, 1.82) is 0 Å². The van der Waals surface area contributed by atoms with Crippen molar-refractivity contribution in [3.8, 4) is 5.75 Å². The van der Waals surface area contributed by atoms with Crippen LogP contribution in [0.25, 0.3) is 6.08 Å². The van der Waals surface area contributed by atoms with Gasteiger partial charge in [0.05, 0.1) is 12.2 Å². The average Bonchev–Trinajstić information content (AvgIpc) is 2.95. The lowest BCUT2D eigenvalue weighted by atomic mass is 10.0. The van der Waals surface area contributed by atoms with Gasteiger partial charge in [0.25, 0.3) is 11.8 Å². The minimum atomic E-state index is -0.195. The van der Waals surface area contributed by atoms with Gasteiger partial charge < -0.3 is 15.0 Å². The van der Waals surface area contributed by atoms with Crippen molar-refractivity contribution in [3.05, 3.63) is 101 Å². The van der Waals surface area contributed by atoms with Gasteiger partial charge in [0.15, 0.2) is 11.5 Å². The lowest BCUT2D eigenvalue weighted by Crippen LogP contribution is -2.36. The molecular formula is C33H37N3O3. The molecule has 1 saturated heterocycles. The zero-order valence-corrected chi connectivity index (χ0v) is 22.9. The van der Waals surface area contributed by atoms with Crippen LogP contribution in [0.5, 0.6) is 5.75 Å². The highest BCUT2D eigenvalue weighted by Crippen LogP contribution is 2.36. The van der Waals surface area contributed by atoms with E-state index in [0.717, 1.165) is 48.8 Å². The lowest BCUT2D eigenvalue weighted by Gasteiger charge is -2.30. The third-order valence-electron chi connectivity index (χ3n) is 7.44. The average molecular weight is 524 g/mol. The lowest BCUT2D eigenvalue weighted by molar-refractivity contribution is -0.117. The zero-order valence-electron chi connectivity index (χ0n) is 22.9. The van der Waals surface area contributed by atoms with Crippen LogP contribution in [0.1, 0.15) is 53.2 Å². The zero-order chi connectivity index (χ0) is 27.2. The number of nitrogens with zero attached hydrogens (tertiary/aromatic N) is 2. The van der Waals surface area contributed by atoms with E-state index in [9.17, 15) is 9.59 Å². The standard InChI is InChI=1S/C33H37N3O3/c1-24-10-12-27(13-11-24)23-36-29-8-3-4-9-30(29)39-31(33(36)38)21-26-14-16-28(17-15-26)32(37)34-18-6-20-35-19-5-7-25(2)22-35/h3-4,8-17,21,25H,5-7,18-20,22-23H2,1-2H3,(H,34,37). The summed E-state index contributed by atoms with van der Waals surface area (Å²) in [6.07, 6.45) is 5.27. The summed E-state index contributed by atoms with van der Waals surface area (Å²) < 4.78 is 6.02. The second-order valence-electron chi connectivity index (χ2n) is 10.7. The number of amides is 2. The number of rotatable bonds is 8. The van der Waals surface area contributed by atoms with E-state index in [1.807, 2.05) is 55.5 Å². The first-order chi connectivity index (χ1) is 19.0. The number of para-hydroxylation sites is 2. The van der Waals surface area contributed by atoms with E-state index in [0.29, 0.717) is 24.4 Å². The highest BCUT2D eigenvalue weighted by atomic mass is 16.5. The van der Waals surface area contributed by atoms with E-state index in [1.54, 1.807) is 23.1 Å². The highest BCUT2D eigenvalue weighted by molar-refractivity contribution is 6.09. The molecule has 2 amide bonds. The summed E-state index contributed by atoms with van der Waals surface area (Å²) in [5.41, 5.74) is 4.37. The van der Waals surface area contributed by atoms with Crippen LogP contribution in [0.4, 0.5) is 5.69 Å². The summed E-state index contributed by atoms with van der Waals surface area (Å²) in [6, 6.07) is 23.0. The first kappa shape index (κ1) is 26.7. The summed E-state index contributed by atoms with van der Waals surface area (Å²) in [4.78, 5) is 30.4. The van der Waals surface area contributed by atoms with Gasteiger partial charge in [-0.15, -0.1) is 0 Å². The Bertz CT molecular complexity index is 1330. The molecule has 6 heteroatoms. The third kappa shape index (κ3) is 6.76. The molecule has 0 aliphatic carbocycles. The molecule has 2 aliphatic heterocycles. The van der Waals surface area contributed by atoms with Crippen LogP contribution in [0.2, 0.25) is 0 Å². The molecular weight excluding hydrogens is 486 g/mol. The molecule has 0 spiro atoms. The van der Waals surface area contributed by atoms with Crippen LogP contribution < -0.4 is 15.0 Å². The Labute approximate surface area is 231 Å². The van der Waals surface area contributed by atoms with Gasteiger partial charge in [-0.05, 0) is 86.7 Å². The van der Waals surface area contributed by atoms with Crippen LogP contribution in [-0.4, -0.2) is 42.9 Å². The molecule has 0 aromatic heterocycles. The van der Waals surface area contributed by atoms with Crippen LogP contribution in [0, 0.1) is 12.8 Å². The molecule has 6 nitrogen and oxygen atoms in total. The van der Waals surface area contributed by atoms with Gasteiger partial charge in [0.2, 0.25) is 0 Å². The van der Waals surface area contributed by atoms with Crippen LogP contribution in [0.15, 0.2) is 78.6 Å². The number of piperidine rings is 1. The number of hydrogen-bond acceptors (Lipinski definition) is 4. The summed E-state index contributed by atoms with van der Waals surface area (Å²) >= 11 is 0. The van der Waals surface area contributed by atoms with Crippen molar-refractivity contribution >= 4 is 23.6 Å². The molecule has 1 unspecified atom stereocenters. The van der Waals surface area contributed by atoms with E-state index < -0.39 is 0 Å². The number of carbonyl (C=O) groups excluding carboxylic acids is 2. The van der Waals surface area contributed by atoms with Crippen LogP contribution in [0.3, 0.4) is 0 Å². The second kappa shape index (κ2) is 12.3. The monoisotopic (exact) mass is 523 g/mol. The molecule has 2 heterocycles. The van der Waals surface area contributed by atoms with Gasteiger partial charge in [0.1, 0.15) is 0 Å². The predicted molar refractivity (Wildman–Crippen MR) is 156 cm³/mol. The Morgan fingerprint density at radius 1 is 1.05 bits per heavy atom. The van der Waals surface area contributed by atoms with E-state index in [2.05, 4.69) is 29.3 Å². The fraction of sp³-hybridized carbons (Fsp3) is 0.333. The largest absolute Gasteiger partial charge is 0.449 e. The maximum absolute atomic E-state index is 13.5. The van der Waals surface area contributed by atoms with Crippen molar-refractivity contribution in [2.45, 2.75) is 39.7 Å². The van der Waals surface area contributed by atoms with Crippen molar-refractivity contribution in [2.24, 2.45) is 5.92 Å². The van der Waals surface area contributed by atoms with Gasteiger partial charge in [0, 0.05) is 18.7 Å². The number of fused-ring (bicyclic) bond motifs is 1. The quantitative estimate of drug-likeness (QED) is 0.299. The fourth-order valence-corrected chi connectivity index (χ4v) is 5.27. The number of nitrogens with one attached hydrogen (secondary N) is 1. The second-order valence-corrected chi connectivity index (χ2v) is 10.7. The smallest absolute Gasteiger partial charge is 0.294 e. The molecule has 3 aromatic carbocycles. The van der Waals surface area contributed by atoms with E-state index in [1.165, 1.54) is 18.4 Å². The van der Waals surface area contributed by atoms with E-state index in [-0.39, 0.29) is 17.6 Å². The fourth-order valence-electron chi connectivity index (χ4n) is 5.27. The molecule has 1 fully saturated rings. The number of likely N-dealkylation sites (tertiary alicyclic amines) is 1. The van der Waals surface area contributed by atoms with E-state index in [4.69, 9.17) is 4.74 Å². The van der Waals surface area contributed by atoms with Gasteiger partial charge in [-0.2, -0.15) is 0 Å². The summed E-state index contributed by atoms with van der Waals surface area (Å²) in [5.74, 6) is 1.39. The van der Waals surface area contributed by atoms with Gasteiger partial charge in [-0.3, -0.25) is 14.5 Å². The molecule has 0 bridgehead atoms. The van der Waals surface area contributed by atoms with E-state index >= 15 is 0 Å². The Balaban J connectivity index is 1.22. The van der Waals surface area contributed by atoms with Crippen molar-refractivity contribution < 1.29 is 14.3 Å². The predicted octanol–water partition coefficient (Wildman–Crippen LogP) is 5.81. The number of benzene rings is 3. The third-order valence-corrected chi connectivity index (χ3v) is 7.44. The van der Waals surface area contributed by atoms with Crippen LogP contribution >= 0.6 is 0 Å². The first-order valence-corrected chi connectivity index (χ1v) is 13.9.